The normalized spacial score (nSPS) is 9.50. The van der Waals surface area contributed by atoms with Crippen LogP contribution in [0.25, 0.3) is 0 Å². The number of hydrogen-bond acceptors (Lipinski definition) is 22. The second kappa shape index (κ2) is 34.7. The largest absolute Gasteiger partial charge is 2.00 e. The average molecular weight is 483 g/mol. The summed E-state index contributed by atoms with van der Waals surface area (Å²) in [5.74, 6) is 0. The van der Waals surface area contributed by atoms with E-state index in [0.29, 0.717) is 0 Å². The number of rotatable bonds is 16. The van der Waals surface area contributed by atoms with Crippen molar-refractivity contribution in [2.45, 2.75) is 0 Å². The van der Waals surface area contributed by atoms with Gasteiger partial charge in [-0.2, -0.15) is 0 Å². The molecule has 0 spiro atoms. The van der Waals surface area contributed by atoms with Gasteiger partial charge in [0.2, 0.25) is 0 Å². The third kappa shape index (κ3) is 38.1. The van der Waals surface area contributed by atoms with Gasteiger partial charge < -0.3 is 21.0 Å². The summed E-state index contributed by atoms with van der Waals surface area (Å²) in [6, 6.07) is 0. The zero-order valence-corrected chi connectivity index (χ0v) is 16.3. The van der Waals surface area contributed by atoms with E-state index in [1.165, 1.54) is 0 Å². The molecule has 0 heterocycles. The molecule has 0 aromatic rings. The first-order valence-corrected chi connectivity index (χ1v) is 3.33. The van der Waals surface area contributed by atoms with Gasteiger partial charge in [0.1, 0.15) is 0 Å². The summed E-state index contributed by atoms with van der Waals surface area (Å²) >= 11 is 0. The molecule has 0 aliphatic rings. The van der Waals surface area contributed by atoms with Gasteiger partial charge in [0.15, 0.2) is 0 Å². The predicted octanol–water partition coefficient (Wildman–Crippen LogP) is -5.99. The van der Waals surface area contributed by atoms with Crippen molar-refractivity contribution in [3.8, 4) is 0 Å². The monoisotopic (exact) mass is 480 g/mol. The van der Waals surface area contributed by atoms with Gasteiger partial charge in [0, 0.05) is 0 Å². The zero-order chi connectivity index (χ0) is 16.7. The Balaban J connectivity index is -0.000000154. The van der Waals surface area contributed by atoms with E-state index in [4.69, 9.17) is 21.0 Å². The van der Waals surface area contributed by atoms with Gasteiger partial charge in [-0.1, -0.05) is 0 Å². The number of hydrogen-bond donors (Lipinski definition) is 0. The second-order valence-corrected chi connectivity index (χ2v) is 1.22. The minimum absolute atomic E-state index is 0. The Morgan fingerprint density at radius 1 is 0.250 bits per heavy atom. The van der Waals surface area contributed by atoms with Crippen molar-refractivity contribution >= 4 is 0 Å². The summed E-state index contributed by atoms with van der Waals surface area (Å²) in [5.41, 5.74) is 0. The summed E-state index contributed by atoms with van der Waals surface area (Å²) in [4.78, 5) is 0. The van der Waals surface area contributed by atoms with Crippen LogP contribution in [-0.2, 0) is 130 Å². The Hall–Kier alpha value is 0.367. The van der Waals surface area contributed by atoms with Gasteiger partial charge in [-0.15, -0.1) is 0 Å². The van der Waals surface area contributed by atoms with E-state index in [2.05, 4.69) is 90.7 Å². The molecule has 0 aliphatic carbocycles. The molecule has 24 heavy (non-hydrogen) atoms. The van der Waals surface area contributed by atoms with Crippen molar-refractivity contribution < 1.29 is 151 Å². The maximum absolute atomic E-state index is 8.92. The van der Waals surface area contributed by atoms with Crippen LogP contribution < -0.4 is 21.0 Å². The quantitative estimate of drug-likeness (QED) is 0.0856. The maximum Gasteiger partial charge on any atom is 2.00 e. The first kappa shape index (κ1) is 32.1. The Bertz CT molecular complexity index is 126. The summed E-state index contributed by atoms with van der Waals surface area (Å²) < 4.78 is 0. The van der Waals surface area contributed by atoms with E-state index < -0.39 is 0 Å². The van der Waals surface area contributed by atoms with Gasteiger partial charge in [-0.3, -0.25) is 20.2 Å². The Morgan fingerprint density at radius 2 is 0.375 bits per heavy atom. The van der Waals surface area contributed by atoms with Gasteiger partial charge in [-0.05, 0) is 70.5 Å². The second-order valence-electron chi connectivity index (χ2n) is 1.22. The minimum Gasteiger partial charge on any atom is -0.689 e. The summed E-state index contributed by atoms with van der Waals surface area (Å²) in [6.07, 6.45) is 0. The standard InChI is InChI=1S/2H2O11.2Zn/c2*1-3-5-7-9-11-10-8-6-4-2;;/h2*1-2H;;/q;;2*+2/p-4. The van der Waals surface area contributed by atoms with Crippen LogP contribution in [0.3, 0.4) is 0 Å². The van der Waals surface area contributed by atoms with E-state index in [0.717, 1.165) is 0 Å². The summed E-state index contributed by atoms with van der Waals surface area (Å²) in [5, 5.41) is 91.0. The van der Waals surface area contributed by atoms with Crippen molar-refractivity contribution in [2.75, 3.05) is 0 Å². The summed E-state index contributed by atoms with van der Waals surface area (Å²) in [7, 11) is 0. The van der Waals surface area contributed by atoms with E-state index in [-0.39, 0.29) is 39.0 Å². The van der Waals surface area contributed by atoms with Crippen LogP contribution in [0.2, 0.25) is 0 Å². The Labute approximate surface area is 151 Å². The van der Waals surface area contributed by atoms with Gasteiger partial charge in [0.25, 0.3) is 0 Å². The molecule has 0 aliphatic heterocycles. The van der Waals surface area contributed by atoms with Crippen molar-refractivity contribution in [1.29, 1.82) is 0 Å². The maximum atomic E-state index is 8.92. The molecule has 0 unspecified atom stereocenters. The fourth-order valence-electron chi connectivity index (χ4n) is 0.159. The fourth-order valence-corrected chi connectivity index (χ4v) is 0.159. The Kier molecular flexibility index (Phi) is 46.3. The molecule has 24 heteroatoms. The van der Waals surface area contributed by atoms with Gasteiger partial charge in [0.05, 0.1) is 0 Å². The third-order valence-corrected chi connectivity index (χ3v) is 0.444. The molecule has 0 aromatic heterocycles. The van der Waals surface area contributed by atoms with Gasteiger partial charge >= 0.3 is 39.0 Å². The zero-order valence-electron chi connectivity index (χ0n) is 10.4. The van der Waals surface area contributed by atoms with E-state index in [9.17, 15) is 0 Å². The molecule has 0 aromatic carbocycles. The molecule has 0 N–H and O–H groups in total. The molecular weight excluding hydrogens is 483 g/mol. The molecule has 0 atom stereocenters. The minimum atomic E-state index is 0. The van der Waals surface area contributed by atoms with Crippen LogP contribution in [0.15, 0.2) is 0 Å². The smallest absolute Gasteiger partial charge is 0.689 e. The van der Waals surface area contributed by atoms with E-state index in [1.807, 2.05) is 0 Å². The third-order valence-electron chi connectivity index (χ3n) is 0.444. The molecule has 0 saturated carbocycles. The summed E-state index contributed by atoms with van der Waals surface area (Å²) in [6.45, 7) is 0. The predicted molar refractivity (Wildman–Crippen MR) is 19.5 cm³/mol. The molecule has 0 radical (unpaired) electrons. The molecule has 0 rings (SSSR count). The first-order chi connectivity index (χ1) is 10.8. The molecule has 0 bridgehead atoms. The Morgan fingerprint density at radius 3 is 0.500 bits per heavy atom. The van der Waals surface area contributed by atoms with Crippen LogP contribution in [0.1, 0.15) is 0 Å². The molecule has 0 amide bonds. The molecule has 136 valence electrons. The van der Waals surface area contributed by atoms with Crippen LogP contribution in [0.4, 0.5) is 0 Å². The average Bonchev–Trinajstić information content (AvgIpc) is 2.54. The molecular formula is O22Zn2. The van der Waals surface area contributed by atoms with Crippen molar-refractivity contribution in [2.24, 2.45) is 0 Å². The van der Waals surface area contributed by atoms with Crippen molar-refractivity contribution in [3.05, 3.63) is 0 Å². The van der Waals surface area contributed by atoms with Crippen LogP contribution in [-0.4, -0.2) is 0 Å². The molecule has 22 nitrogen and oxygen atoms in total. The molecule has 0 fully saturated rings. The SMILES string of the molecule is [O-]OOOOOOOOO[O-].[O-]OOOOOOOOO[O-].[Zn+2].[Zn+2]. The van der Waals surface area contributed by atoms with Crippen LogP contribution in [0, 0.1) is 0 Å². The van der Waals surface area contributed by atoms with E-state index in [1.54, 1.807) is 0 Å². The van der Waals surface area contributed by atoms with Crippen LogP contribution >= 0.6 is 0 Å². The molecule has 0 saturated heterocycles. The topological polar surface area (TPSA) is 258 Å². The van der Waals surface area contributed by atoms with Crippen molar-refractivity contribution in [1.82, 2.24) is 0 Å². The van der Waals surface area contributed by atoms with Crippen molar-refractivity contribution in [3.63, 3.8) is 0 Å². The fraction of sp³-hybridized carbons (Fsp3) is 0. The van der Waals surface area contributed by atoms with Gasteiger partial charge in [-0.25, -0.2) is 0 Å². The first-order valence-electron chi connectivity index (χ1n) is 3.33. The van der Waals surface area contributed by atoms with E-state index >= 15 is 0 Å². The van der Waals surface area contributed by atoms with Crippen LogP contribution in [0.5, 0.6) is 0 Å².